The number of benzene rings is 2. The number of hydrogen-bond acceptors (Lipinski definition) is 6. The predicted octanol–water partition coefficient (Wildman–Crippen LogP) is 3.84. The number of imide groups is 1. The predicted molar refractivity (Wildman–Crippen MR) is 110 cm³/mol. The third-order valence-electron chi connectivity index (χ3n) is 3.80. The van der Waals surface area contributed by atoms with E-state index in [0.29, 0.717) is 15.7 Å². The molecule has 2 N–H and O–H groups in total. The molecule has 2 aromatic rings. The smallest absolute Gasteiger partial charge is 0.294 e. The van der Waals surface area contributed by atoms with Crippen molar-refractivity contribution in [2.45, 2.75) is 0 Å². The number of anilines is 1. The summed E-state index contributed by atoms with van der Waals surface area (Å²) < 4.78 is 5.47. The van der Waals surface area contributed by atoms with Crippen molar-refractivity contribution in [1.82, 2.24) is 4.90 Å². The average molecular weight is 463 g/mol. The van der Waals surface area contributed by atoms with Gasteiger partial charge in [0.05, 0.1) is 16.5 Å². The van der Waals surface area contributed by atoms with Gasteiger partial charge in [0.25, 0.3) is 11.1 Å². The van der Waals surface area contributed by atoms with Gasteiger partial charge in [-0.2, -0.15) is 0 Å². The first kappa shape index (κ1) is 20.0. The second-order valence-corrected chi connectivity index (χ2v) is 7.58. The Bertz CT molecular complexity index is 978. The van der Waals surface area contributed by atoms with Gasteiger partial charge in [0.1, 0.15) is 6.54 Å². The minimum absolute atomic E-state index is 0.0645. The molecule has 0 unspecified atom stereocenters. The van der Waals surface area contributed by atoms with E-state index < -0.39 is 17.1 Å². The molecule has 0 spiro atoms. The second-order valence-electron chi connectivity index (χ2n) is 5.74. The fourth-order valence-corrected chi connectivity index (χ4v) is 3.78. The fraction of sp³-hybridized carbons (Fsp3) is 0.105. The van der Waals surface area contributed by atoms with Gasteiger partial charge in [0, 0.05) is 5.69 Å². The fourth-order valence-electron chi connectivity index (χ4n) is 2.49. The molecular weight excluding hydrogens is 448 g/mol. The van der Waals surface area contributed by atoms with E-state index in [1.54, 1.807) is 30.3 Å². The SMILES string of the molecule is COc1cc(/C=C2\SC(=O)N(CC(=O)Nc3ccccc3)C2=O)cc(Br)c1O. The summed E-state index contributed by atoms with van der Waals surface area (Å²) in [6, 6.07) is 11.9. The van der Waals surface area contributed by atoms with Gasteiger partial charge in [-0.3, -0.25) is 19.3 Å². The number of rotatable bonds is 5. The number of carbonyl (C=O) groups excluding carboxylic acids is 3. The van der Waals surface area contributed by atoms with Crippen molar-refractivity contribution < 1.29 is 24.2 Å². The van der Waals surface area contributed by atoms with Crippen molar-refractivity contribution >= 4 is 56.5 Å². The van der Waals surface area contributed by atoms with E-state index in [9.17, 15) is 19.5 Å². The summed E-state index contributed by atoms with van der Waals surface area (Å²) in [5, 5.41) is 12.0. The topological polar surface area (TPSA) is 95.9 Å². The molecule has 3 amide bonds. The number of nitrogens with zero attached hydrogens (tertiary/aromatic N) is 1. The summed E-state index contributed by atoms with van der Waals surface area (Å²) in [6.45, 7) is -0.376. The van der Waals surface area contributed by atoms with Crippen molar-refractivity contribution in [3.63, 3.8) is 0 Å². The summed E-state index contributed by atoms with van der Waals surface area (Å²) in [5.74, 6) is -0.863. The van der Waals surface area contributed by atoms with Crippen molar-refractivity contribution in [3.05, 3.63) is 57.4 Å². The largest absolute Gasteiger partial charge is 0.503 e. The van der Waals surface area contributed by atoms with Gasteiger partial charge in [0.2, 0.25) is 5.91 Å². The molecule has 28 heavy (non-hydrogen) atoms. The number of phenolic OH excluding ortho intramolecular Hbond substituents is 1. The van der Waals surface area contributed by atoms with Crippen LogP contribution in [0.3, 0.4) is 0 Å². The standard InChI is InChI=1S/C19H15BrN2O5S/c1-27-14-8-11(7-13(20)17(14)24)9-15-18(25)22(19(26)28-15)10-16(23)21-12-5-3-2-4-6-12/h2-9,24H,10H2,1H3,(H,21,23)/b15-9-. The highest BCUT2D eigenvalue weighted by Gasteiger charge is 2.36. The molecule has 0 aliphatic carbocycles. The van der Waals surface area contributed by atoms with Crippen molar-refractivity contribution in [2.75, 3.05) is 19.0 Å². The van der Waals surface area contributed by atoms with Crippen LogP contribution in [0, 0.1) is 0 Å². The third kappa shape index (κ3) is 4.37. The molecule has 9 heteroatoms. The van der Waals surface area contributed by atoms with Gasteiger partial charge in [0.15, 0.2) is 11.5 Å². The molecule has 0 radical (unpaired) electrons. The molecule has 1 aliphatic heterocycles. The van der Waals surface area contributed by atoms with E-state index in [0.717, 1.165) is 16.7 Å². The maximum atomic E-state index is 12.6. The van der Waals surface area contributed by atoms with E-state index >= 15 is 0 Å². The molecule has 1 aliphatic rings. The van der Waals surface area contributed by atoms with Gasteiger partial charge in [-0.1, -0.05) is 18.2 Å². The molecule has 1 saturated heterocycles. The monoisotopic (exact) mass is 462 g/mol. The summed E-state index contributed by atoms with van der Waals surface area (Å²) in [7, 11) is 1.41. The first-order valence-corrected chi connectivity index (χ1v) is 9.66. The van der Waals surface area contributed by atoms with Crippen molar-refractivity contribution in [1.29, 1.82) is 0 Å². The summed E-state index contributed by atoms with van der Waals surface area (Å²) in [5.41, 5.74) is 1.14. The molecule has 7 nitrogen and oxygen atoms in total. The highest BCUT2D eigenvalue weighted by Crippen LogP contribution is 2.38. The van der Waals surface area contributed by atoms with E-state index in [-0.39, 0.29) is 22.9 Å². The third-order valence-corrected chi connectivity index (χ3v) is 5.31. The van der Waals surface area contributed by atoms with Gasteiger partial charge in [-0.15, -0.1) is 0 Å². The van der Waals surface area contributed by atoms with Gasteiger partial charge >= 0.3 is 0 Å². The number of methoxy groups -OCH3 is 1. The van der Waals surface area contributed by atoms with E-state index in [1.807, 2.05) is 6.07 Å². The number of para-hydroxylation sites is 1. The summed E-state index contributed by atoms with van der Waals surface area (Å²) in [4.78, 5) is 38.0. The van der Waals surface area contributed by atoms with Crippen LogP contribution in [0.25, 0.3) is 6.08 Å². The van der Waals surface area contributed by atoms with Crippen LogP contribution >= 0.6 is 27.7 Å². The van der Waals surface area contributed by atoms with Crippen LogP contribution in [0.1, 0.15) is 5.56 Å². The molecule has 1 heterocycles. The summed E-state index contributed by atoms with van der Waals surface area (Å²) in [6.07, 6.45) is 1.51. The lowest BCUT2D eigenvalue weighted by molar-refractivity contribution is -0.127. The average Bonchev–Trinajstić information content (AvgIpc) is 2.92. The Morgan fingerprint density at radius 3 is 2.68 bits per heavy atom. The molecule has 144 valence electrons. The zero-order valence-electron chi connectivity index (χ0n) is 14.6. The number of halogens is 1. The minimum Gasteiger partial charge on any atom is -0.503 e. The zero-order chi connectivity index (χ0) is 20.3. The first-order valence-electron chi connectivity index (χ1n) is 8.06. The normalized spacial score (nSPS) is 15.2. The van der Waals surface area contributed by atoms with Crippen molar-refractivity contribution in [3.8, 4) is 11.5 Å². The maximum Gasteiger partial charge on any atom is 0.294 e. The van der Waals surface area contributed by atoms with Crippen LogP contribution in [0.5, 0.6) is 11.5 Å². The number of amides is 3. The van der Waals surface area contributed by atoms with Crippen LogP contribution in [0.15, 0.2) is 51.8 Å². The Hall–Kier alpha value is -2.78. The molecule has 1 fully saturated rings. The van der Waals surface area contributed by atoms with Gasteiger partial charge in [-0.05, 0) is 63.6 Å². The highest BCUT2D eigenvalue weighted by atomic mass is 79.9. The number of hydrogen-bond donors (Lipinski definition) is 2. The lowest BCUT2D eigenvalue weighted by Crippen LogP contribution is -2.36. The first-order chi connectivity index (χ1) is 13.4. The van der Waals surface area contributed by atoms with Crippen LogP contribution in [0.2, 0.25) is 0 Å². The highest BCUT2D eigenvalue weighted by molar-refractivity contribution is 9.10. The minimum atomic E-state index is -0.554. The zero-order valence-corrected chi connectivity index (χ0v) is 17.0. The molecule has 0 atom stereocenters. The Balaban J connectivity index is 1.75. The van der Waals surface area contributed by atoms with E-state index in [1.165, 1.54) is 19.3 Å². The van der Waals surface area contributed by atoms with Gasteiger partial charge < -0.3 is 15.2 Å². The molecular formula is C19H15BrN2O5S. The van der Waals surface area contributed by atoms with E-state index in [2.05, 4.69) is 21.2 Å². The molecule has 0 saturated carbocycles. The van der Waals surface area contributed by atoms with Crippen LogP contribution in [-0.2, 0) is 9.59 Å². The maximum absolute atomic E-state index is 12.6. The van der Waals surface area contributed by atoms with Crippen LogP contribution in [0.4, 0.5) is 10.5 Å². The number of aromatic hydroxyl groups is 1. The Labute approximate surface area is 173 Å². The lowest BCUT2D eigenvalue weighted by atomic mass is 10.2. The second kappa shape index (κ2) is 8.49. The van der Waals surface area contributed by atoms with Gasteiger partial charge in [-0.25, -0.2) is 0 Å². The quantitative estimate of drug-likeness (QED) is 0.655. The number of nitrogens with one attached hydrogen (secondary N) is 1. The lowest BCUT2D eigenvalue weighted by Gasteiger charge is -2.12. The molecule has 0 bridgehead atoms. The van der Waals surface area contributed by atoms with E-state index in [4.69, 9.17) is 4.74 Å². The molecule has 3 rings (SSSR count). The van der Waals surface area contributed by atoms with Crippen LogP contribution < -0.4 is 10.1 Å². The van der Waals surface area contributed by atoms with Crippen molar-refractivity contribution in [2.24, 2.45) is 0 Å². The number of thioether (sulfide) groups is 1. The van der Waals surface area contributed by atoms with Crippen LogP contribution in [-0.4, -0.2) is 40.7 Å². The molecule has 2 aromatic carbocycles. The Morgan fingerprint density at radius 2 is 2.00 bits per heavy atom. The number of carbonyl (C=O) groups is 3. The molecule has 0 aromatic heterocycles. The Kier molecular flexibility index (Phi) is 6.05. The Morgan fingerprint density at radius 1 is 1.29 bits per heavy atom. The number of ether oxygens (including phenoxy) is 1. The number of phenols is 1. The summed E-state index contributed by atoms with van der Waals surface area (Å²) >= 11 is 3.96.